The van der Waals surface area contributed by atoms with Crippen molar-refractivity contribution in [3.8, 4) is 23.0 Å². The van der Waals surface area contributed by atoms with E-state index >= 15 is 0 Å². The largest absolute Gasteiger partial charge is 0.493 e. The molecule has 0 saturated carbocycles. The summed E-state index contributed by atoms with van der Waals surface area (Å²) >= 11 is 6.83. The lowest BCUT2D eigenvalue weighted by molar-refractivity contribution is -0.119. The molecule has 10 nitrogen and oxygen atoms in total. The number of halogens is 1. The highest BCUT2D eigenvalue weighted by Gasteiger charge is 2.40. The van der Waals surface area contributed by atoms with Crippen molar-refractivity contribution < 1.29 is 27.1 Å². The molecule has 4 rings (SSSR count). The van der Waals surface area contributed by atoms with Gasteiger partial charge in [-0.15, -0.1) is 16.4 Å². The number of aromatic nitrogens is 2. The van der Waals surface area contributed by atoms with Crippen molar-refractivity contribution in [3.63, 3.8) is 0 Å². The van der Waals surface area contributed by atoms with Gasteiger partial charge in [0.2, 0.25) is 11.8 Å². The second-order valence-corrected chi connectivity index (χ2v) is 10.6. The van der Waals surface area contributed by atoms with E-state index in [1.165, 1.54) is 30.7 Å². The fourth-order valence-electron chi connectivity index (χ4n) is 3.39. The second-order valence-electron chi connectivity index (χ2n) is 6.80. The van der Waals surface area contributed by atoms with Gasteiger partial charge >= 0.3 is 6.01 Å². The van der Waals surface area contributed by atoms with Crippen molar-refractivity contribution >= 4 is 44.9 Å². The summed E-state index contributed by atoms with van der Waals surface area (Å²) in [7, 11) is -0.810. The number of benzene rings is 1. The van der Waals surface area contributed by atoms with E-state index in [1.54, 1.807) is 18.2 Å². The van der Waals surface area contributed by atoms with E-state index in [0.29, 0.717) is 34.2 Å². The first-order valence-corrected chi connectivity index (χ1v) is 12.1. The van der Waals surface area contributed by atoms with E-state index in [0.717, 1.165) is 11.3 Å². The first-order chi connectivity index (χ1) is 15.3. The Bertz CT molecular complexity index is 1240. The Morgan fingerprint density at radius 3 is 2.69 bits per heavy atom. The Morgan fingerprint density at radius 1 is 1.22 bits per heavy atom. The van der Waals surface area contributed by atoms with Crippen molar-refractivity contribution in [1.29, 1.82) is 0 Å². The zero-order valence-corrected chi connectivity index (χ0v) is 19.5. The number of hydrogen-bond donors (Lipinski definition) is 1. The second kappa shape index (κ2) is 9.06. The van der Waals surface area contributed by atoms with Gasteiger partial charge in [-0.25, -0.2) is 8.42 Å². The van der Waals surface area contributed by atoms with Crippen molar-refractivity contribution in [1.82, 2.24) is 14.5 Å². The molecule has 1 aliphatic rings. The molecule has 13 heteroatoms. The molecule has 1 saturated heterocycles. The van der Waals surface area contributed by atoms with Gasteiger partial charge in [0.15, 0.2) is 11.5 Å². The van der Waals surface area contributed by atoms with Crippen LogP contribution in [0, 0.1) is 0 Å². The van der Waals surface area contributed by atoms with Gasteiger partial charge in [-0.05, 0) is 43.2 Å². The van der Waals surface area contributed by atoms with E-state index < -0.39 is 22.0 Å². The number of hydrogen-bond acceptors (Lipinski definition) is 9. The predicted molar refractivity (Wildman–Crippen MR) is 118 cm³/mol. The molecule has 0 bridgehead atoms. The molecule has 0 aliphatic carbocycles. The summed E-state index contributed by atoms with van der Waals surface area (Å²) in [6, 6.07) is 6.98. The standard InChI is InChI=1S/C19H19ClN4O6S2/c1-28-13-6-5-11(10-14(13)29-2)18-22-23-19(30-18)21-17(25)12-4-3-9-24(12)32(26,27)16-8-7-15(20)31-16/h5-8,10,12H,3-4,9H2,1-2H3,(H,21,23,25)/t12-/m0/s1. The van der Waals surface area contributed by atoms with Crippen LogP contribution in [0.1, 0.15) is 12.8 Å². The number of nitrogens with zero attached hydrogens (tertiary/aromatic N) is 3. The molecule has 1 aromatic carbocycles. The van der Waals surface area contributed by atoms with Gasteiger partial charge in [0.1, 0.15) is 10.3 Å². The van der Waals surface area contributed by atoms with Crippen molar-refractivity contribution in [2.45, 2.75) is 23.1 Å². The smallest absolute Gasteiger partial charge is 0.322 e. The number of anilines is 1. The summed E-state index contributed by atoms with van der Waals surface area (Å²) in [6.07, 6.45) is 0.929. The van der Waals surface area contributed by atoms with E-state index in [4.69, 9.17) is 25.5 Å². The number of methoxy groups -OCH3 is 2. The van der Waals surface area contributed by atoms with Crippen LogP contribution >= 0.6 is 22.9 Å². The van der Waals surface area contributed by atoms with E-state index in [9.17, 15) is 13.2 Å². The molecule has 0 radical (unpaired) electrons. The maximum atomic E-state index is 12.9. The van der Waals surface area contributed by atoms with Gasteiger partial charge in [-0.2, -0.15) is 4.31 Å². The van der Waals surface area contributed by atoms with Crippen molar-refractivity contribution in [3.05, 3.63) is 34.7 Å². The molecule has 1 fully saturated rings. The lowest BCUT2D eigenvalue weighted by atomic mass is 10.2. The fourth-order valence-corrected chi connectivity index (χ4v) is 6.66. The van der Waals surface area contributed by atoms with Crippen molar-refractivity contribution in [2.24, 2.45) is 0 Å². The van der Waals surface area contributed by atoms with Crippen LogP contribution in [0.15, 0.2) is 39.0 Å². The van der Waals surface area contributed by atoms with Gasteiger partial charge in [-0.1, -0.05) is 16.7 Å². The zero-order chi connectivity index (χ0) is 22.9. The molecule has 0 spiro atoms. The van der Waals surface area contributed by atoms with Crippen LogP contribution in [0.2, 0.25) is 4.34 Å². The third kappa shape index (κ3) is 4.31. The summed E-state index contributed by atoms with van der Waals surface area (Å²) < 4.78 is 43.5. The van der Waals surface area contributed by atoms with Crippen LogP contribution in [0.4, 0.5) is 6.01 Å². The van der Waals surface area contributed by atoms with Gasteiger partial charge in [0.05, 0.1) is 18.6 Å². The number of rotatable bonds is 7. The number of nitrogens with one attached hydrogen (secondary N) is 1. The molecular weight excluding hydrogens is 480 g/mol. The maximum Gasteiger partial charge on any atom is 0.322 e. The highest BCUT2D eigenvalue weighted by molar-refractivity contribution is 7.91. The minimum Gasteiger partial charge on any atom is -0.493 e. The summed E-state index contributed by atoms with van der Waals surface area (Å²) in [5.41, 5.74) is 0.565. The minimum absolute atomic E-state index is 0.0933. The Hall–Kier alpha value is -2.67. The summed E-state index contributed by atoms with van der Waals surface area (Å²) in [5.74, 6) is 0.634. The number of amides is 1. The predicted octanol–water partition coefficient (Wildman–Crippen LogP) is 3.26. The fraction of sp³-hybridized carbons (Fsp3) is 0.316. The van der Waals surface area contributed by atoms with E-state index in [2.05, 4.69) is 15.5 Å². The van der Waals surface area contributed by atoms with Crippen LogP contribution in [0.25, 0.3) is 11.5 Å². The van der Waals surface area contributed by atoms with E-state index in [-0.39, 0.29) is 22.7 Å². The number of carbonyl (C=O) groups excluding carboxylic acids is 1. The minimum atomic E-state index is -3.84. The Morgan fingerprint density at radius 2 is 2.00 bits per heavy atom. The zero-order valence-electron chi connectivity index (χ0n) is 17.1. The molecule has 170 valence electrons. The number of ether oxygens (including phenoxy) is 2. The van der Waals surface area contributed by atoms with Gasteiger partial charge in [0.25, 0.3) is 10.0 Å². The highest BCUT2D eigenvalue weighted by atomic mass is 35.5. The molecule has 1 amide bonds. The Labute approximate surface area is 193 Å². The third-order valence-corrected chi connectivity index (χ3v) is 8.51. The number of carbonyl (C=O) groups is 1. The summed E-state index contributed by atoms with van der Waals surface area (Å²) in [4.78, 5) is 12.8. The van der Waals surface area contributed by atoms with E-state index in [1.807, 2.05) is 0 Å². The SMILES string of the molecule is COc1ccc(-c2nnc(NC(=O)[C@@H]3CCCN3S(=O)(=O)c3ccc(Cl)s3)o2)cc1OC. The van der Waals surface area contributed by atoms with Crippen molar-refractivity contribution in [2.75, 3.05) is 26.1 Å². The molecule has 1 atom stereocenters. The monoisotopic (exact) mass is 498 g/mol. The number of sulfonamides is 1. The lowest BCUT2D eigenvalue weighted by Crippen LogP contribution is -2.42. The average Bonchev–Trinajstić information content (AvgIpc) is 3.54. The summed E-state index contributed by atoms with van der Waals surface area (Å²) in [6.45, 7) is 0.233. The van der Waals surface area contributed by atoms with Crippen LogP contribution in [0.3, 0.4) is 0 Å². The molecule has 32 heavy (non-hydrogen) atoms. The highest BCUT2D eigenvalue weighted by Crippen LogP contribution is 2.34. The Balaban J connectivity index is 1.50. The van der Waals surface area contributed by atoms with Gasteiger partial charge in [0, 0.05) is 12.1 Å². The molecule has 1 aliphatic heterocycles. The van der Waals surface area contributed by atoms with Crippen LogP contribution < -0.4 is 14.8 Å². The normalized spacial score (nSPS) is 16.8. The molecule has 2 aromatic heterocycles. The average molecular weight is 499 g/mol. The molecule has 3 aromatic rings. The first-order valence-electron chi connectivity index (χ1n) is 9.47. The Kier molecular flexibility index (Phi) is 6.38. The molecule has 0 unspecified atom stereocenters. The molecule has 3 heterocycles. The van der Waals surface area contributed by atoms with Gasteiger partial charge < -0.3 is 13.9 Å². The maximum absolute atomic E-state index is 12.9. The summed E-state index contributed by atoms with van der Waals surface area (Å²) in [5, 5.41) is 10.3. The van der Waals surface area contributed by atoms with Crippen LogP contribution in [0.5, 0.6) is 11.5 Å². The lowest BCUT2D eigenvalue weighted by Gasteiger charge is -2.21. The van der Waals surface area contributed by atoms with Crippen LogP contribution in [-0.2, 0) is 14.8 Å². The van der Waals surface area contributed by atoms with Crippen LogP contribution in [-0.4, -0.2) is 55.6 Å². The first kappa shape index (κ1) is 22.5. The quantitative estimate of drug-likeness (QED) is 0.526. The van der Waals surface area contributed by atoms with Gasteiger partial charge in [-0.3, -0.25) is 10.1 Å². The topological polar surface area (TPSA) is 124 Å². The molecule has 1 N–H and O–H groups in total. The molecular formula is C19H19ClN4O6S2. The third-order valence-electron chi connectivity index (χ3n) is 4.90. The number of thiophene rings is 1.